The fourth-order valence-corrected chi connectivity index (χ4v) is 6.74. The van der Waals surface area contributed by atoms with Crippen LogP contribution in [0.5, 0.6) is 11.5 Å². The van der Waals surface area contributed by atoms with Gasteiger partial charge in [-0.15, -0.1) is 0 Å². The van der Waals surface area contributed by atoms with Crippen molar-refractivity contribution < 1.29 is 24.1 Å². The summed E-state index contributed by atoms with van der Waals surface area (Å²) in [7, 11) is 1.68. The second-order valence-corrected chi connectivity index (χ2v) is 12.8. The van der Waals surface area contributed by atoms with Crippen molar-refractivity contribution in [1.82, 2.24) is 10.2 Å². The number of benzene rings is 3. The molecule has 44 heavy (non-hydrogen) atoms. The van der Waals surface area contributed by atoms with Crippen molar-refractivity contribution in [1.29, 1.82) is 0 Å². The number of halogens is 3. The number of carbonyl (C=O) groups is 1. The first kappa shape index (κ1) is 32.9. The topological polar surface area (TPSA) is 80.3 Å². The number of ether oxygens (including phenoxy) is 3. The lowest BCUT2D eigenvalue weighted by Crippen LogP contribution is -2.52. The van der Waals surface area contributed by atoms with Crippen molar-refractivity contribution in [2.75, 3.05) is 40.0 Å². The zero-order chi connectivity index (χ0) is 31.3. The molecule has 0 radical (unpaired) electrons. The van der Waals surface area contributed by atoms with E-state index in [1.54, 1.807) is 7.11 Å². The summed E-state index contributed by atoms with van der Waals surface area (Å²) in [4.78, 5) is 16.1. The lowest BCUT2D eigenvalue weighted by atomic mass is 9.92. The van der Waals surface area contributed by atoms with E-state index < -0.39 is 17.6 Å². The summed E-state index contributed by atoms with van der Waals surface area (Å²) in [6, 6.07) is 17.4. The van der Waals surface area contributed by atoms with Gasteiger partial charge in [0.05, 0.1) is 34.2 Å². The highest BCUT2D eigenvalue weighted by molar-refractivity contribution is 6.37. The Morgan fingerprint density at radius 2 is 1.68 bits per heavy atom. The monoisotopic (exact) mass is 660 g/mol. The molecule has 0 aromatic heterocycles. The molecule has 2 fully saturated rings. The van der Waals surface area contributed by atoms with Gasteiger partial charge >= 0.3 is 0 Å². The molecule has 1 saturated carbocycles. The Balaban J connectivity index is 1.31. The number of carbonyl (C=O) groups excluding carboxylic acids is 1. The number of hydrogen-bond acceptors (Lipinski definition) is 6. The summed E-state index contributed by atoms with van der Waals surface area (Å²) in [6.45, 7) is 4.59. The Hall–Kier alpha value is -2.52. The Labute approximate surface area is 274 Å². The van der Waals surface area contributed by atoms with Crippen LogP contribution < -0.4 is 14.8 Å². The SMILES string of the molecule is COCCc1ccc(Cl)c(CN(C(=O)[C@H]2CNCC[C@H]2O)C2(c3ccc(OCCOc4c(Cl)cc(C)cc4Cl)cc3)CC2)c1. The molecule has 0 spiro atoms. The predicted molar refractivity (Wildman–Crippen MR) is 174 cm³/mol. The van der Waals surface area contributed by atoms with Crippen LogP contribution in [0.3, 0.4) is 0 Å². The third-order valence-electron chi connectivity index (χ3n) is 8.44. The van der Waals surface area contributed by atoms with Gasteiger partial charge < -0.3 is 29.5 Å². The number of amides is 1. The highest BCUT2D eigenvalue weighted by atomic mass is 35.5. The molecule has 2 atom stereocenters. The van der Waals surface area contributed by atoms with E-state index in [0.29, 0.717) is 65.8 Å². The summed E-state index contributed by atoms with van der Waals surface area (Å²) < 4.78 is 17.0. The molecule has 1 aliphatic carbocycles. The Morgan fingerprint density at radius 3 is 2.34 bits per heavy atom. The molecule has 1 heterocycles. The molecular weight excluding hydrogens is 623 g/mol. The minimum atomic E-state index is -0.687. The zero-order valence-electron chi connectivity index (χ0n) is 25.1. The number of aryl methyl sites for hydroxylation is 1. The molecule has 3 aromatic carbocycles. The Kier molecular flexibility index (Phi) is 11.0. The van der Waals surface area contributed by atoms with Crippen molar-refractivity contribution in [3.8, 4) is 11.5 Å². The lowest BCUT2D eigenvalue weighted by Gasteiger charge is -2.38. The number of nitrogens with one attached hydrogen (secondary N) is 1. The minimum Gasteiger partial charge on any atom is -0.490 e. The van der Waals surface area contributed by atoms with Crippen LogP contribution in [0.2, 0.25) is 15.1 Å². The fraction of sp³-hybridized carbons (Fsp3) is 0.441. The lowest BCUT2D eigenvalue weighted by molar-refractivity contribution is -0.144. The molecule has 0 unspecified atom stereocenters. The van der Waals surface area contributed by atoms with Crippen LogP contribution in [0, 0.1) is 12.8 Å². The summed E-state index contributed by atoms with van der Waals surface area (Å²) >= 11 is 19.2. The van der Waals surface area contributed by atoms with E-state index in [9.17, 15) is 9.90 Å². The average molecular weight is 662 g/mol. The van der Waals surface area contributed by atoms with Gasteiger partial charge in [0.1, 0.15) is 19.0 Å². The number of aliphatic hydroxyl groups excluding tert-OH is 1. The number of hydrogen-bond donors (Lipinski definition) is 2. The molecule has 1 aliphatic heterocycles. The summed E-state index contributed by atoms with van der Waals surface area (Å²) in [5, 5.41) is 15.6. The third-order valence-corrected chi connectivity index (χ3v) is 9.37. The average Bonchev–Trinajstić information content (AvgIpc) is 3.81. The van der Waals surface area contributed by atoms with Gasteiger partial charge in [0, 0.05) is 25.2 Å². The van der Waals surface area contributed by atoms with E-state index in [4.69, 9.17) is 49.0 Å². The molecule has 0 bridgehead atoms. The molecular formula is C34H39Cl3N2O5. The maximum Gasteiger partial charge on any atom is 0.230 e. The number of methoxy groups -OCH3 is 1. The largest absolute Gasteiger partial charge is 0.490 e. The van der Waals surface area contributed by atoms with Crippen LogP contribution in [-0.4, -0.2) is 62.0 Å². The molecule has 1 amide bonds. The van der Waals surface area contributed by atoms with Crippen molar-refractivity contribution in [3.05, 3.63) is 91.9 Å². The smallest absolute Gasteiger partial charge is 0.230 e. The van der Waals surface area contributed by atoms with Gasteiger partial charge in [-0.2, -0.15) is 0 Å². The molecule has 3 aromatic rings. The first-order chi connectivity index (χ1) is 21.2. The van der Waals surface area contributed by atoms with Crippen LogP contribution in [0.4, 0.5) is 0 Å². The van der Waals surface area contributed by atoms with Gasteiger partial charge in [-0.1, -0.05) is 59.1 Å². The molecule has 2 aliphatic rings. The highest BCUT2D eigenvalue weighted by Gasteiger charge is 2.53. The second-order valence-electron chi connectivity index (χ2n) is 11.6. The van der Waals surface area contributed by atoms with Crippen LogP contribution in [-0.2, 0) is 28.0 Å². The van der Waals surface area contributed by atoms with E-state index in [0.717, 1.165) is 41.5 Å². The van der Waals surface area contributed by atoms with E-state index >= 15 is 0 Å². The molecule has 236 valence electrons. The predicted octanol–water partition coefficient (Wildman–Crippen LogP) is 6.59. The quantitative estimate of drug-likeness (QED) is 0.201. The van der Waals surface area contributed by atoms with Crippen molar-refractivity contribution in [2.24, 2.45) is 5.92 Å². The molecule has 7 nitrogen and oxygen atoms in total. The second kappa shape index (κ2) is 14.7. The fourth-order valence-electron chi connectivity index (χ4n) is 5.85. The van der Waals surface area contributed by atoms with Crippen molar-refractivity contribution in [2.45, 2.75) is 50.8 Å². The number of nitrogens with zero attached hydrogens (tertiary/aromatic N) is 1. The van der Waals surface area contributed by atoms with Crippen molar-refractivity contribution in [3.63, 3.8) is 0 Å². The van der Waals surface area contributed by atoms with Crippen molar-refractivity contribution >= 4 is 40.7 Å². The molecule has 2 N–H and O–H groups in total. The summed E-state index contributed by atoms with van der Waals surface area (Å²) in [6.07, 6.45) is 2.25. The van der Waals surface area contributed by atoms with E-state index in [1.165, 1.54) is 0 Å². The number of piperidine rings is 1. The normalized spacial score (nSPS) is 19.0. The Bertz CT molecular complexity index is 1420. The van der Waals surface area contributed by atoms with E-state index in [-0.39, 0.29) is 12.5 Å². The minimum absolute atomic E-state index is 0.0635. The van der Waals surface area contributed by atoms with Gasteiger partial charge in [-0.3, -0.25) is 4.79 Å². The molecule has 5 rings (SSSR count). The van der Waals surface area contributed by atoms with Gasteiger partial charge in [-0.25, -0.2) is 0 Å². The van der Waals surface area contributed by atoms with Gasteiger partial charge in [0.15, 0.2) is 5.75 Å². The van der Waals surface area contributed by atoms with E-state index in [1.807, 2.05) is 60.4 Å². The summed E-state index contributed by atoms with van der Waals surface area (Å²) in [5.41, 5.74) is 3.48. The molecule has 1 saturated heterocycles. The zero-order valence-corrected chi connectivity index (χ0v) is 27.4. The summed E-state index contributed by atoms with van der Waals surface area (Å²) in [5.74, 6) is 0.551. The van der Waals surface area contributed by atoms with Crippen LogP contribution in [0.15, 0.2) is 54.6 Å². The standard InChI is InChI=1S/C34H39Cl3N2O5/c1-22-17-29(36)32(30(37)18-22)44-16-15-43-26-6-4-25(5-7-26)34(11-12-34)39(33(41)27-20-38-13-9-31(27)40)21-24-19-23(10-14-42-2)3-8-28(24)35/h3-8,17-19,27,31,38,40H,9-16,20-21H2,1-2H3/t27-,31+/m0/s1. The first-order valence-electron chi connectivity index (χ1n) is 15.0. The maximum atomic E-state index is 14.2. The number of aliphatic hydroxyl groups is 1. The van der Waals surface area contributed by atoms with Gasteiger partial charge in [0.25, 0.3) is 0 Å². The van der Waals surface area contributed by atoms with E-state index in [2.05, 4.69) is 11.4 Å². The third kappa shape index (κ3) is 7.64. The highest BCUT2D eigenvalue weighted by Crippen LogP contribution is 2.53. The number of rotatable bonds is 13. The van der Waals surface area contributed by atoms with Crippen LogP contribution >= 0.6 is 34.8 Å². The van der Waals surface area contributed by atoms with Gasteiger partial charge in [-0.05, 0) is 91.7 Å². The maximum absolute atomic E-state index is 14.2. The van der Waals surface area contributed by atoms with Gasteiger partial charge in [0.2, 0.25) is 5.91 Å². The van der Waals surface area contributed by atoms with Crippen LogP contribution in [0.1, 0.15) is 41.5 Å². The Morgan fingerprint density at radius 1 is 0.977 bits per heavy atom. The first-order valence-corrected chi connectivity index (χ1v) is 16.1. The molecule has 10 heteroatoms. The van der Waals surface area contributed by atoms with Crippen LogP contribution in [0.25, 0.3) is 0 Å².